The Morgan fingerprint density at radius 3 is 2.42 bits per heavy atom. The van der Waals surface area contributed by atoms with E-state index in [1.807, 2.05) is 0 Å². The van der Waals surface area contributed by atoms with E-state index in [1.165, 1.54) is 0 Å². The number of hydrogen-bond donors (Lipinski definition) is 2. The molecule has 1 heterocycles. The van der Waals surface area contributed by atoms with Gasteiger partial charge in [0.15, 0.2) is 0 Å². The second-order valence-corrected chi connectivity index (χ2v) is 4.60. The van der Waals surface area contributed by atoms with Crippen molar-refractivity contribution in [2.75, 3.05) is 25.4 Å². The average molecular weight is 215 g/mol. The van der Waals surface area contributed by atoms with Crippen molar-refractivity contribution >= 4 is 22.4 Å². The van der Waals surface area contributed by atoms with Gasteiger partial charge in [-0.2, -0.15) is 0 Å². The minimum absolute atomic E-state index is 0. The maximum Gasteiger partial charge on any atom is 0.212 e. The van der Waals surface area contributed by atoms with Gasteiger partial charge in [-0.3, -0.25) is 0 Å². The van der Waals surface area contributed by atoms with Gasteiger partial charge in [-0.25, -0.2) is 13.1 Å². The van der Waals surface area contributed by atoms with E-state index in [4.69, 9.17) is 0 Å². The smallest absolute Gasteiger partial charge is 0.212 e. The molecule has 0 aromatic rings. The van der Waals surface area contributed by atoms with Gasteiger partial charge in [0, 0.05) is 13.1 Å². The number of nitrogens with one attached hydrogen (secondary N) is 2. The van der Waals surface area contributed by atoms with Crippen molar-refractivity contribution in [2.24, 2.45) is 0 Å². The van der Waals surface area contributed by atoms with Gasteiger partial charge in [-0.05, 0) is 19.4 Å². The second kappa shape index (κ2) is 5.75. The first kappa shape index (κ1) is 12.2. The molecule has 1 saturated heterocycles. The van der Waals surface area contributed by atoms with Crippen LogP contribution in [0.3, 0.4) is 0 Å². The van der Waals surface area contributed by atoms with E-state index in [2.05, 4.69) is 10.0 Å². The maximum atomic E-state index is 11.0. The van der Waals surface area contributed by atoms with Crippen LogP contribution in [-0.2, 0) is 10.0 Å². The fraction of sp³-hybridized carbons (Fsp3) is 1.00. The third-order valence-electron chi connectivity index (χ3n) is 1.65. The van der Waals surface area contributed by atoms with Crippen molar-refractivity contribution in [1.82, 2.24) is 10.0 Å². The Hall–Kier alpha value is 0.160. The lowest BCUT2D eigenvalue weighted by molar-refractivity contribution is 0.580. The molecule has 0 saturated carbocycles. The first-order valence-corrected chi connectivity index (χ1v) is 5.54. The molecule has 1 aliphatic rings. The first-order valence-electron chi connectivity index (χ1n) is 3.89. The number of halogens is 1. The topological polar surface area (TPSA) is 58.2 Å². The highest BCUT2D eigenvalue weighted by Gasteiger charge is 2.09. The van der Waals surface area contributed by atoms with E-state index in [0.29, 0.717) is 13.1 Å². The van der Waals surface area contributed by atoms with Crippen LogP contribution in [-0.4, -0.2) is 33.8 Å². The van der Waals surface area contributed by atoms with Crippen molar-refractivity contribution < 1.29 is 8.42 Å². The molecule has 1 fully saturated rings. The van der Waals surface area contributed by atoms with Crippen molar-refractivity contribution in [3.05, 3.63) is 0 Å². The first-order chi connectivity index (χ1) is 5.21. The monoisotopic (exact) mass is 214 g/mol. The van der Waals surface area contributed by atoms with Gasteiger partial charge in [0.05, 0.1) is 5.75 Å². The van der Waals surface area contributed by atoms with Crippen LogP contribution in [0.4, 0.5) is 0 Å². The van der Waals surface area contributed by atoms with Crippen LogP contribution in [0, 0.1) is 0 Å². The van der Waals surface area contributed by atoms with Gasteiger partial charge in [-0.15, -0.1) is 12.4 Å². The van der Waals surface area contributed by atoms with Crippen molar-refractivity contribution in [3.8, 4) is 0 Å². The lowest BCUT2D eigenvalue weighted by Gasteiger charge is -2.01. The standard InChI is InChI=1S/C6H14N2O2S.ClH/c9-11(10)6-5-7-3-1-2-4-8-11;/h7-8H,1-6H2;1H. The summed E-state index contributed by atoms with van der Waals surface area (Å²) in [6, 6.07) is 0. The number of hydrogen-bond acceptors (Lipinski definition) is 3. The molecule has 4 nitrogen and oxygen atoms in total. The SMILES string of the molecule is Cl.O=S1(=O)CCNCCCCN1. The highest BCUT2D eigenvalue weighted by Crippen LogP contribution is 1.91. The average Bonchev–Trinajstić information content (AvgIpc) is 2.00. The normalized spacial score (nSPS) is 24.3. The lowest BCUT2D eigenvalue weighted by atomic mass is 10.3. The summed E-state index contributed by atoms with van der Waals surface area (Å²) in [4.78, 5) is 0. The molecule has 0 unspecified atom stereocenters. The highest BCUT2D eigenvalue weighted by atomic mass is 35.5. The van der Waals surface area contributed by atoms with Crippen LogP contribution >= 0.6 is 12.4 Å². The largest absolute Gasteiger partial charge is 0.316 e. The summed E-state index contributed by atoms with van der Waals surface area (Å²) in [6.07, 6.45) is 1.97. The predicted molar refractivity (Wildman–Crippen MR) is 51.1 cm³/mol. The number of sulfonamides is 1. The van der Waals surface area contributed by atoms with E-state index in [-0.39, 0.29) is 18.2 Å². The molecule has 0 amide bonds. The minimum Gasteiger partial charge on any atom is -0.316 e. The molecule has 0 aromatic carbocycles. The van der Waals surface area contributed by atoms with Crippen LogP contribution in [0.2, 0.25) is 0 Å². The Morgan fingerprint density at radius 1 is 1.00 bits per heavy atom. The van der Waals surface area contributed by atoms with Crippen LogP contribution < -0.4 is 10.0 Å². The Bertz CT molecular complexity index is 190. The van der Waals surface area contributed by atoms with Gasteiger partial charge >= 0.3 is 0 Å². The molecule has 0 atom stereocenters. The molecule has 0 radical (unpaired) electrons. The molecule has 0 spiro atoms. The molecule has 0 aromatic heterocycles. The van der Waals surface area contributed by atoms with E-state index >= 15 is 0 Å². The molecule has 0 aliphatic carbocycles. The Balaban J connectivity index is 0.00000121. The zero-order valence-corrected chi connectivity index (χ0v) is 8.51. The summed E-state index contributed by atoms with van der Waals surface area (Å²) in [5.74, 6) is 0.201. The summed E-state index contributed by atoms with van der Waals surface area (Å²) in [5, 5.41) is 3.06. The quantitative estimate of drug-likeness (QED) is 0.583. The third kappa shape index (κ3) is 4.92. The van der Waals surface area contributed by atoms with Crippen LogP contribution in [0.15, 0.2) is 0 Å². The van der Waals surface area contributed by atoms with Crippen LogP contribution in [0.25, 0.3) is 0 Å². The summed E-state index contributed by atoms with van der Waals surface area (Å²) in [6.45, 7) is 2.08. The summed E-state index contributed by atoms with van der Waals surface area (Å²) >= 11 is 0. The summed E-state index contributed by atoms with van der Waals surface area (Å²) in [5.41, 5.74) is 0. The Kier molecular flexibility index (Phi) is 5.82. The molecular formula is C6H15ClN2O2S. The lowest BCUT2D eigenvalue weighted by Crippen LogP contribution is -2.30. The van der Waals surface area contributed by atoms with Crippen LogP contribution in [0.1, 0.15) is 12.8 Å². The third-order valence-corrected chi connectivity index (χ3v) is 3.04. The summed E-state index contributed by atoms with van der Waals surface area (Å²) in [7, 11) is -2.98. The van der Waals surface area contributed by atoms with Gasteiger partial charge in [0.2, 0.25) is 10.0 Å². The minimum atomic E-state index is -2.98. The number of rotatable bonds is 0. The summed E-state index contributed by atoms with van der Waals surface area (Å²) < 4.78 is 24.6. The highest BCUT2D eigenvalue weighted by molar-refractivity contribution is 7.89. The Morgan fingerprint density at radius 2 is 1.67 bits per heavy atom. The van der Waals surface area contributed by atoms with Crippen LogP contribution in [0.5, 0.6) is 0 Å². The van der Waals surface area contributed by atoms with Gasteiger partial charge in [-0.1, -0.05) is 0 Å². The molecule has 12 heavy (non-hydrogen) atoms. The van der Waals surface area contributed by atoms with E-state index in [0.717, 1.165) is 19.4 Å². The van der Waals surface area contributed by atoms with Crippen molar-refractivity contribution in [3.63, 3.8) is 0 Å². The van der Waals surface area contributed by atoms with E-state index in [9.17, 15) is 8.42 Å². The van der Waals surface area contributed by atoms with Gasteiger partial charge in [0.25, 0.3) is 0 Å². The maximum absolute atomic E-state index is 11.0. The molecule has 74 valence electrons. The van der Waals surface area contributed by atoms with Gasteiger partial charge in [0.1, 0.15) is 0 Å². The zero-order chi connectivity index (χ0) is 8.16. The molecule has 6 heteroatoms. The molecule has 2 N–H and O–H groups in total. The molecular weight excluding hydrogens is 200 g/mol. The van der Waals surface area contributed by atoms with E-state index in [1.54, 1.807) is 0 Å². The molecule has 1 rings (SSSR count). The fourth-order valence-electron chi connectivity index (χ4n) is 1.01. The second-order valence-electron chi connectivity index (χ2n) is 2.67. The Labute approximate surface area is 79.6 Å². The van der Waals surface area contributed by atoms with Gasteiger partial charge < -0.3 is 5.32 Å². The molecule has 1 aliphatic heterocycles. The molecule has 0 bridgehead atoms. The predicted octanol–water partition coefficient (Wildman–Crippen LogP) is -0.289. The fourth-order valence-corrected chi connectivity index (χ4v) is 2.02. The van der Waals surface area contributed by atoms with Crippen molar-refractivity contribution in [2.45, 2.75) is 12.8 Å². The zero-order valence-electron chi connectivity index (χ0n) is 6.88. The van der Waals surface area contributed by atoms with Crippen molar-refractivity contribution in [1.29, 1.82) is 0 Å². The van der Waals surface area contributed by atoms with E-state index < -0.39 is 10.0 Å².